The minimum Gasteiger partial charge on any atom is -0.462 e. The maximum Gasteiger partial charge on any atom is 0.338 e. The van der Waals surface area contributed by atoms with E-state index in [0.29, 0.717) is 39.8 Å². The summed E-state index contributed by atoms with van der Waals surface area (Å²) in [5, 5.41) is 5.12. The molecule has 0 spiro atoms. The molecule has 146 valence electrons. The molecule has 0 saturated heterocycles. The lowest BCUT2D eigenvalue weighted by atomic mass is 10.2. The number of aromatic nitrogens is 2. The molecule has 0 radical (unpaired) electrons. The maximum absolute atomic E-state index is 12.5. The number of hydrogen-bond acceptors (Lipinski definition) is 7. The molecule has 3 rings (SSSR count). The average Bonchev–Trinajstić information content (AvgIpc) is 3.16. The Morgan fingerprint density at radius 3 is 2.64 bits per heavy atom. The Labute approximate surface area is 169 Å². The van der Waals surface area contributed by atoms with Crippen molar-refractivity contribution in [2.24, 2.45) is 0 Å². The monoisotopic (exact) mass is 417 g/mol. The van der Waals surface area contributed by atoms with Gasteiger partial charge in [-0.15, -0.1) is 11.3 Å². The van der Waals surface area contributed by atoms with Gasteiger partial charge in [0.1, 0.15) is 4.70 Å². The Bertz CT molecular complexity index is 1060. The number of anilines is 1. The third kappa shape index (κ3) is 4.42. The van der Waals surface area contributed by atoms with Gasteiger partial charge in [0, 0.05) is 12.2 Å². The highest BCUT2D eigenvalue weighted by Gasteiger charge is 2.13. The van der Waals surface area contributed by atoms with Gasteiger partial charge in [0.25, 0.3) is 5.56 Å². The van der Waals surface area contributed by atoms with Gasteiger partial charge in [-0.2, -0.15) is 0 Å². The van der Waals surface area contributed by atoms with E-state index in [9.17, 15) is 14.4 Å². The molecule has 7 nitrogen and oxygen atoms in total. The number of carbonyl (C=O) groups is 2. The van der Waals surface area contributed by atoms with Crippen LogP contribution < -0.4 is 10.9 Å². The number of esters is 1. The maximum atomic E-state index is 12.5. The summed E-state index contributed by atoms with van der Waals surface area (Å²) >= 11 is 2.58. The SMILES string of the molecule is CCOC(=O)c1ccc(NC(=O)CSc2nc3ccsc3c(=O)n2CC)cc1. The summed E-state index contributed by atoms with van der Waals surface area (Å²) in [5.41, 5.74) is 1.57. The summed E-state index contributed by atoms with van der Waals surface area (Å²) < 4.78 is 7.13. The second-order valence-electron chi connectivity index (χ2n) is 5.71. The number of carbonyl (C=O) groups excluding carboxylic acids is 2. The standard InChI is InChI=1S/C19H19N3O4S2/c1-3-22-17(24)16-14(9-10-27-16)21-19(22)28-11-15(23)20-13-7-5-12(6-8-13)18(25)26-4-2/h5-10H,3-4,11H2,1-2H3,(H,20,23). The Hall–Kier alpha value is -2.65. The number of amides is 1. The van der Waals surface area contributed by atoms with Crippen LogP contribution in [-0.2, 0) is 16.1 Å². The van der Waals surface area contributed by atoms with Gasteiger partial charge in [-0.25, -0.2) is 9.78 Å². The third-order valence-electron chi connectivity index (χ3n) is 3.86. The average molecular weight is 418 g/mol. The summed E-state index contributed by atoms with van der Waals surface area (Å²) in [6.45, 7) is 4.41. The zero-order valence-electron chi connectivity index (χ0n) is 15.4. The van der Waals surface area contributed by atoms with Crippen LogP contribution in [0.1, 0.15) is 24.2 Å². The lowest BCUT2D eigenvalue weighted by Crippen LogP contribution is -2.22. The predicted molar refractivity (Wildman–Crippen MR) is 111 cm³/mol. The van der Waals surface area contributed by atoms with Crippen LogP contribution in [0.15, 0.2) is 45.7 Å². The number of fused-ring (bicyclic) bond motifs is 1. The predicted octanol–water partition coefficient (Wildman–Crippen LogP) is 3.39. The van der Waals surface area contributed by atoms with Crippen molar-refractivity contribution < 1.29 is 14.3 Å². The topological polar surface area (TPSA) is 90.3 Å². The first kappa shape index (κ1) is 20.1. The van der Waals surface area contributed by atoms with Gasteiger partial charge in [0.2, 0.25) is 5.91 Å². The normalized spacial score (nSPS) is 10.8. The van der Waals surface area contributed by atoms with Crippen LogP contribution in [0, 0.1) is 0 Å². The third-order valence-corrected chi connectivity index (χ3v) is 5.73. The molecule has 1 aromatic carbocycles. The smallest absolute Gasteiger partial charge is 0.338 e. The van der Waals surface area contributed by atoms with E-state index in [1.54, 1.807) is 41.8 Å². The van der Waals surface area contributed by atoms with Crippen molar-refractivity contribution in [3.8, 4) is 0 Å². The molecule has 2 heterocycles. The van der Waals surface area contributed by atoms with Crippen LogP contribution >= 0.6 is 23.1 Å². The number of rotatable bonds is 7. The molecule has 0 aliphatic heterocycles. The molecular weight excluding hydrogens is 398 g/mol. The lowest BCUT2D eigenvalue weighted by Gasteiger charge is -2.10. The summed E-state index contributed by atoms with van der Waals surface area (Å²) in [6, 6.07) is 8.29. The van der Waals surface area contributed by atoms with Crippen LogP contribution in [0.5, 0.6) is 0 Å². The van der Waals surface area contributed by atoms with Crippen molar-refractivity contribution in [1.82, 2.24) is 9.55 Å². The summed E-state index contributed by atoms with van der Waals surface area (Å²) in [7, 11) is 0. The van der Waals surface area contributed by atoms with Crippen LogP contribution in [0.4, 0.5) is 5.69 Å². The van der Waals surface area contributed by atoms with Gasteiger partial charge < -0.3 is 10.1 Å². The zero-order valence-corrected chi connectivity index (χ0v) is 17.1. The van der Waals surface area contributed by atoms with Crippen molar-refractivity contribution in [1.29, 1.82) is 0 Å². The summed E-state index contributed by atoms with van der Waals surface area (Å²) in [6.07, 6.45) is 0. The number of hydrogen-bond donors (Lipinski definition) is 1. The van der Waals surface area contributed by atoms with Gasteiger partial charge >= 0.3 is 5.97 Å². The van der Waals surface area contributed by atoms with E-state index in [1.807, 2.05) is 12.3 Å². The first-order valence-corrected chi connectivity index (χ1v) is 10.6. The van der Waals surface area contributed by atoms with Crippen molar-refractivity contribution in [3.63, 3.8) is 0 Å². The van der Waals surface area contributed by atoms with E-state index in [0.717, 1.165) is 0 Å². The number of thioether (sulfide) groups is 1. The van der Waals surface area contributed by atoms with E-state index < -0.39 is 5.97 Å². The first-order valence-electron chi connectivity index (χ1n) is 8.71. The molecule has 3 aromatic rings. The second-order valence-corrected chi connectivity index (χ2v) is 7.57. The van der Waals surface area contributed by atoms with Crippen LogP contribution in [0.2, 0.25) is 0 Å². The van der Waals surface area contributed by atoms with Crippen LogP contribution in [0.25, 0.3) is 10.2 Å². The molecule has 9 heteroatoms. The first-order chi connectivity index (χ1) is 13.5. The molecule has 0 aliphatic rings. The fourth-order valence-electron chi connectivity index (χ4n) is 2.54. The largest absolute Gasteiger partial charge is 0.462 e. The highest BCUT2D eigenvalue weighted by molar-refractivity contribution is 7.99. The van der Waals surface area contributed by atoms with Gasteiger partial charge in [0.15, 0.2) is 5.16 Å². The molecule has 2 aromatic heterocycles. The Morgan fingerprint density at radius 2 is 1.96 bits per heavy atom. The van der Waals surface area contributed by atoms with E-state index in [4.69, 9.17) is 4.74 Å². The van der Waals surface area contributed by atoms with Gasteiger partial charge in [-0.05, 0) is 49.6 Å². The Morgan fingerprint density at radius 1 is 1.21 bits per heavy atom. The highest BCUT2D eigenvalue weighted by atomic mass is 32.2. The molecule has 1 N–H and O–H groups in total. The number of ether oxygens (including phenoxy) is 1. The van der Waals surface area contributed by atoms with Crippen LogP contribution in [-0.4, -0.2) is 33.8 Å². The number of benzene rings is 1. The molecule has 1 amide bonds. The Kier molecular flexibility index (Phi) is 6.48. The van der Waals surface area contributed by atoms with Crippen molar-refractivity contribution in [2.75, 3.05) is 17.7 Å². The highest BCUT2D eigenvalue weighted by Crippen LogP contribution is 2.21. The number of nitrogens with zero attached hydrogens (tertiary/aromatic N) is 2. The zero-order chi connectivity index (χ0) is 20.1. The van der Waals surface area contributed by atoms with Crippen molar-refractivity contribution in [3.05, 3.63) is 51.6 Å². The van der Waals surface area contributed by atoms with E-state index >= 15 is 0 Å². The van der Waals surface area contributed by atoms with Gasteiger partial charge in [0.05, 0.1) is 23.4 Å². The number of thiophene rings is 1. The van der Waals surface area contributed by atoms with E-state index in [1.165, 1.54) is 23.1 Å². The molecule has 0 aliphatic carbocycles. The molecule has 28 heavy (non-hydrogen) atoms. The lowest BCUT2D eigenvalue weighted by molar-refractivity contribution is -0.113. The van der Waals surface area contributed by atoms with Crippen molar-refractivity contribution >= 4 is 50.9 Å². The minimum absolute atomic E-state index is 0.0834. The molecule has 0 unspecified atom stereocenters. The fraction of sp³-hybridized carbons (Fsp3) is 0.263. The van der Waals surface area contributed by atoms with Gasteiger partial charge in [-0.3, -0.25) is 14.2 Å². The van der Waals surface area contributed by atoms with Gasteiger partial charge in [-0.1, -0.05) is 11.8 Å². The fourth-order valence-corrected chi connectivity index (χ4v) is 4.19. The second kappa shape index (κ2) is 9.03. The quantitative estimate of drug-likeness (QED) is 0.360. The van der Waals surface area contributed by atoms with Crippen LogP contribution in [0.3, 0.4) is 0 Å². The molecule has 0 saturated carbocycles. The molecular formula is C19H19N3O4S2. The minimum atomic E-state index is -0.400. The number of nitrogens with one attached hydrogen (secondary N) is 1. The Balaban J connectivity index is 1.65. The molecule has 0 fully saturated rings. The van der Waals surface area contributed by atoms with E-state index in [2.05, 4.69) is 10.3 Å². The molecule has 0 bridgehead atoms. The van der Waals surface area contributed by atoms with E-state index in [-0.39, 0.29) is 17.2 Å². The van der Waals surface area contributed by atoms with Crippen molar-refractivity contribution in [2.45, 2.75) is 25.5 Å². The summed E-state index contributed by atoms with van der Waals surface area (Å²) in [5.74, 6) is -0.513. The molecule has 0 atom stereocenters. The summed E-state index contributed by atoms with van der Waals surface area (Å²) in [4.78, 5) is 40.9.